The average molecular weight is 672 g/mol. The van der Waals surface area contributed by atoms with E-state index in [1.54, 1.807) is 86.6 Å². The van der Waals surface area contributed by atoms with Crippen molar-refractivity contribution in [3.8, 4) is 0 Å². The van der Waals surface area contributed by atoms with Crippen LogP contribution >= 0.6 is 0 Å². The van der Waals surface area contributed by atoms with E-state index in [9.17, 15) is 24.0 Å². The third kappa shape index (κ3) is 16.1. The molecule has 2 aromatic rings. The fourth-order valence-corrected chi connectivity index (χ4v) is 3.89. The van der Waals surface area contributed by atoms with E-state index < -0.39 is 65.5 Å². The van der Waals surface area contributed by atoms with Crippen molar-refractivity contribution in [2.45, 2.75) is 104 Å². The lowest BCUT2D eigenvalue weighted by molar-refractivity contribution is -0.139. The number of hydrogen-bond acceptors (Lipinski definition) is 9. The van der Waals surface area contributed by atoms with E-state index >= 15 is 0 Å². The second-order valence-electron chi connectivity index (χ2n) is 13.9. The smallest absolute Gasteiger partial charge is 0.429 e. The quantitative estimate of drug-likeness (QED) is 0.198. The van der Waals surface area contributed by atoms with Crippen molar-refractivity contribution < 1.29 is 43.0 Å². The largest absolute Gasteiger partial charge is 0.444 e. The maximum absolute atomic E-state index is 13.9. The van der Waals surface area contributed by atoms with E-state index in [0.717, 1.165) is 11.1 Å². The second-order valence-corrected chi connectivity index (χ2v) is 13.9. The average Bonchev–Trinajstić information content (AvgIpc) is 2.94. The summed E-state index contributed by atoms with van der Waals surface area (Å²) in [6.45, 7) is 14.1. The zero-order valence-corrected chi connectivity index (χ0v) is 29.2. The van der Waals surface area contributed by atoms with Crippen LogP contribution in [0.15, 0.2) is 60.7 Å². The Hall–Kier alpha value is -4.85. The van der Waals surface area contributed by atoms with E-state index in [1.807, 2.05) is 36.4 Å². The van der Waals surface area contributed by atoms with Gasteiger partial charge in [0.05, 0.1) is 13.2 Å². The van der Waals surface area contributed by atoms with Crippen molar-refractivity contribution >= 4 is 30.1 Å². The summed E-state index contributed by atoms with van der Waals surface area (Å²) in [5.41, 5.74) is 3.35. The zero-order chi connectivity index (χ0) is 36.1. The highest BCUT2D eigenvalue weighted by Gasteiger charge is 2.34. The Kier molecular flexibility index (Phi) is 14.2. The highest BCUT2D eigenvalue weighted by molar-refractivity contribution is 5.91. The molecule has 2 atom stereocenters. The van der Waals surface area contributed by atoms with Gasteiger partial charge < -0.3 is 24.8 Å². The van der Waals surface area contributed by atoms with Crippen LogP contribution in [-0.4, -0.2) is 70.5 Å². The number of hydrogen-bond donors (Lipinski definition) is 4. The number of ether oxygens (including phenoxy) is 3. The van der Waals surface area contributed by atoms with Gasteiger partial charge in [-0.3, -0.25) is 14.4 Å². The summed E-state index contributed by atoms with van der Waals surface area (Å²) in [5.74, 6) is -1.55. The third-order valence-corrected chi connectivity index (χ3v) is 5.78. The maximum Gasteiger partial charge on any atom is 0.429 e. The van der Waals surface area contributed by atoms with Crippen molar-refractivity contribution in [3.63, 3.8) is 0 Å². The Morgan fingerprint density at radius 3 is 1.65 bits per heavy atom. The minimum absolute atomic E-state index is 0.0538. The number of rotatable bonds is 11. The molecule has 48 heavy (non-hydrogen) atoms. The van der Waals surface area contributed by atoms with Crippen LogP contribution in [0.1, 0.15) is 73.4 Å². The van der Waals surface area contributed by atoms with Crippen LogP contribution in [0.2, 0.25) is 0 Å². The van der Waals surface area contributed by atoms with E-state index in [1.165, 1.54) is 0 Å². The molecule has 264 valence electrons. The predicted molar refractivity (Wildman–Crippen MR) is 177 cm³/mol. The lowest BCUT2D eigenvalue weighted by Gasteiger charge is -2.31. The van der Waals surface area contributed by atoms with Crippen LogP contribution in [0.4, 0.5) is 14.4 Å². The summed E-state index contributed by atoms with van der Waals surface area (Å²) in [7, 11) is 0. The van der Waals surface area contributed by atoms with Gasteiger partial charge >= 0.3 is 18.3 Å². The number of hydroxylamine groups is 1. The molecule has 14 heteroatoms. The van der Waals surface area contributed by atoms with Gasteiger partial charge in [-0.1, -0.05) is 60.7 Å². The lowest BCUT2D eigenvalue weighted by atomic mass is 10.0. The molecule has 0 fully saturated rings. The summed E-state index contributed by atoms with van der Waals surface area (Å²) < 4.78 is 16.1. The third-order valence-electron chi connectivity index (χ3n) is 5.78. The molecule has 0 radical (unpaired) electrons. The number of carbonyl (C=O) groups is 5. The van der Waals surface area contributed by atoms with Crippen LogP contribution in [-0.2, 0) is 41.7 Å². The molecule has 0 aliphatic carbocycles. The monoisotopic (exact) mass is 671 g/mol. The fraction of sp³-hybridized carbons (Fsp3) is 0.500. The number of alkyl carbamates (subject to hydrolysis) is 1. The number of hydrazine groups is 1. The van der Waals surface area contributed by atoms with Crippen LogP contribution < -0.4 is 21.5 Å². The van der Waals surface area contributed by atoms with Crippen LogP contribution in [0, 0.1) is 0 Å². The normalized spacial score (nSPS) is 12.9. The summed E-state index contributed by atoms with van der Waals surface area (Å²) >= 11 is 0. The van der Waals surface area contributed by atoms with Gasteiger partial charge in [-0.15, -0.1) is 0 Å². The van der Waals surface area contributed by atoms with Gasteiger partial charge in [0.25, 0.3) is 5.91 Å². The molecule has 5 amide bonds. The second kappa shape index (κ2) is 17.3. The number of carbonyl (C=O) groups excluding carboxylic acids is 5. The Bertz CT molecular complexity index is 1370. The minimum atomic E-state index is -1.56. The van der Waals surface area contributed by atoms with Gasteiger partial charge in [0.2, 0.25) is 5.91 Å². The van der Waals surface area contributed by atoms with Crippen molar-refractivity contribution in [3.05, 3.63) is 71.8 Å². The lowest BCUT2D eigenvalue weighted by Crippen LogP contribution is -2.61. The van der Waals surface area contributed by atoms with Crippen molar-refractivity contribution in [1.29, 1.82) is 0 Å². The molecule has 0 saturated carbocycles. The highest BCUT2D eigenvalue weighted by Crippen LogP contribution is 2.13. The Labute approximate surface area is 282 Å². The molecule has 0 aliphatic heterocycles. The molecular weight excluding hydrogens is 622 g/mol. The summed E-state index contributed by atoms with van der Waals surface area (Å²) in [6, 6.07) is 15.3. The zero-order valence-electron chi connectivity index (χ0n) is 29.2. The van der Waals surface area contributed by atoms with Crippen molar-refractivity contribution in [1.82, 2.24) is 26.5 Å². The molecule has 0 spiro atoms. The molecule has 2 aromatic carbocycles. The van der Waals surface area contributed by atoms with Gasteiger partial charge in [-0.2, -0.15) is 0 Å². The predicted octanol–water partition coefficient (Wildman–Crippen LogP) is 4.53. The highest BCUT2D eigenvalue weighted by atomic mass is 16.7. The summed E-state index contributed by atoms with van der Waals surface area (Å²) in [5, 5.41) is 5.79. The number of nitrogens with zero attached hydrogens (tertiary/aromatic N) is 1. The summed E-state index contributed by atoms with van der Waals surface area (Å²) in [4.78, 5) is 71.5. The molecule has 2 rings (SSSR count). The molecule has 0 unspecified atom stereocenters. The fourth-order valence-electron chi connectivity index (χ4n) is 3.89. The number of benzene rings is 2. The number of amides is 5. The first kappa shape index (κ1) is 39.3. The Morgan fingerprint density at radius 2 is 1.12 bits per heavy atom. The molecule has 4 N–H and O–H groups in total. The first-order valence-electron chi connectivity index (χ1n) is 15.5. The standard InChI is InChI=1S/C34H49N5O9/c1-32(2,3)46-29(42)36-26(21-39(31(44)48-34(7,8)9)37-30(43)47-33(4,5)6)27(40)35-25(20-23-16-12-10-13-17-23)28(41)38-45-22-24-18-14-11-15-19-24/h10-19,25-26H,20-22H2,1-9H3,(H,35,40)(H,36,42)(H,37,43)(H,38,41)/t25-,26-/m0/s1. The molecule has 0 heterocycles. The molecule has 0 bridgehead atoms. The number of nitrogens with one attached hydrogen (secondary N) is 4. The maximum atomic E-state index is 13.9. The van der Waals surface area contributed by atoms with Crippen LogP contribution in [0.5, 0.6) is 0 Å². The first-order chi connectivity index (χ1) is 22.2. The van der Waals surface area contributed by atoms with Crippen molar-refractivity contribution in [2.75, 3.05) is 6.54 Å². The SMILES string of the molecule is CC(C)(C)OC(=O)N[C@@H](CN(NC(=O)OC(C)(C)C)C(=O)OC(C)(C)C)C(=O)N[C@@H](Cc1ccccc1)C(=O)NOCc1ccccc1. The first-order valence-corrected chi connectivity index (χ1v) is 15.5. The van der Waals surface area contributed by atoms with Gasteiger partial charge in [0.1, 0.15) is 28.9 Å². The molecule has 0 saturated heterocycles. The molecular formula is C34H49N5O9. The van der Waals surface area contributed by atoms with Gasteiger partial charge in [-0.05, 0) is 73.4 Å². The molecule has 0 aliphatic rings. The van der Waals surface area contributed by atoms with E-state index in [-0.39, 0.29) is 13.0 Å². The van der Waals surface area contributed by atoms with Gasteiger partial charge in [0, 0.05) is 6.42 Å². The van der Waals surface area contributed by atoms with E-state index in [4.69, 9.17) is 19.0 Å². The molecule has 0 aromatic heterocycles. The summed E-state index contributed by atoms with van der Waals surface area (Å²) in [6.07, 6.45) is -2.98. The van der Waals surface area contributed by atoms with E-state index in [0.29, 0.717) is 5.01 Å². The molecule has 14 nitrogen and oxygen atoms in total. The Morgan fingerprint density at radius 1 is 0.625 bits per heavy atom. The van der Waals surface area contributed by atoms with Crippen LogP contribution in [0.3, 0.4) is 0 Å². The van der Waals surface area contributed by atoms with Gasteiger partial charge in [0.15, 0.2) is 0 Å². The topological polar surface area (TPSA) is 174 Å². The minimum Gasteiger partial charge on any atom is -0.444 e. The Balaban J connectivity index is 2.38. The van der Waals surface area contributed by atoms with Crippen LogP contribution in [0.25, 0.3) is 0 Å². The van der Waals surface area contributed by atoms with Gasteiger partial charge in [-0.25, -0.2) is 30.3 Å². The van der Waals surface area contributed by atoms with E-state index in [2.05, 4.69) is 21.5 Å². The van der Waals surface area contributed by atoms with Crippen molar-refractivity contribution in [2.24, 2.45) is 0 Å².